The van der Waals surface area contributed by atoms with Crippen LogP contribution in [0, 0.1) is 5.41 Å². The van der Waals surface area contributed by atoms with Crippen molar-refractivity contribution in [2.24, 2.45) is 5.41 Å². The van der Waals surface area contributed by atoms with Crippen molar-refractivity contribution in [3.8, 4) is 0 Å². The van der Waals surface area contributed by atoms with Crippen LogP contribution in [0.5, 0.6) is 0 Å². The first kappa shape index (κ1) is 14.3. The van der Waals surface area contributed by atoms with E-state index in [0.717, 1.165) is 40.3 Å². The molecule has 1 heterocycles. The lowest BCUT2D eigenvalue weighted by atomic mass is 9.66. The number of hydrogen-bond donors (Lipinski definition) is 2. The number of anilines is 1. The van der Waals surface area contributed by atoms with Crippen LogP contribution in [0.4, 0.5) is 5.82 Å². The number of aromatic nitrogens is 1. The van der Waals surface area contributed by atoms with Crippen molar-refractivity contribution in [1.29, 1.82) is 0 Å². The van der Waals surface area contributed by atoms with Gasteiger partial charge in [-0.2, -0.15) is 0 Å². The zero-order valence-corrected chi connectivity index (χ0v) is 13.2. The third-order valence-electron chi connectivity index (χ3n) is 4.32. The van der Waals surface area contributed by atoms with E-state index in [1.54, 1.807) is 6.20 Å². The van der Waals surface area contributed by atoms with Gasteiger partial charge in [-0.25, -0.2) is 4.98 Å². The zero-order valence-electron chi connectivity index (χ0n) is 11.6. The first-order chi connectivity index (χ1) is 10.1. The molecule has 21 heavy (non-hydrogen) atoms. The average molecular weight is 349 g/mol. The maximum atomic E-state index is 11.0. The highest BCUT2D eigenvalue weighted by Crippen LogP contribution is 2.44. The van der Waals surface area contributed by atoms with E-state index >= 15 is 0 Å². The van der Waals surface area contributed by atoms with Crippen molar-refractivity contribution in [3.63, 3.8) is 0 Å². The Balaban J connectivity index is 1.82. The number of nitrogens with one attached hydrogen (secondary N) is 1. The minimum Gasteiger partial charge on any atom is -0.481 e. The van der Waals surface area contributed by atoms with Gasteiger partial charge in [-0.3, -0.25) is 4.79 Å². The quantitative estimate of drug-likeness (QED) is 0.855. The molecule has 1 aromatic heterocycles. The van der Waals surface area contributed by atoms with Gasteiger partial charge in [-0.15, -0.1) is 0 Å². The van der Waals surface area contributed by atoms with Crippen LogP contribution in [0.3, 0.4) is 0 Å². The van der Waals surface area contributed by atoms with E-state index in [2.05, 4.69) is 26.2 Å². The number of fused-ring (bicyclic) bond motifs is 1. The molecule has 1 aromatic carbocycles. The molecular formula is C16H17BrN2O2. The van der Waals surface area contributed by atoms with Crippen LogP contribution in [0.2, 0.25) is 0 Å². The molecule has 0 unspecified atom stereocenters. The van der Waals surface area contributed by atoms with Gasteiger partial charge in [0.05, 0.1) is 6.42 Å². The number of nitrogens with zero attached hydrogens (tertiary/aromatic N) is 1. The molecule has 0 spiro atoms. The fraction of sp³-hybridized carbons (Fsp3) is 0.375. The number of halogens is 1. The fourth-order valence-electron chi connectivity index (χ4n) is 2.99. The Hall–Kier alpha value is -1.62. The second kappa shape index (κ2) is 5.64. The molecule has 110 valence electrons. The number of carbonyl (C=O) groups is 1. The van der Waals surface area contributed by atoms with Gasteiger partial charge in [-0.1, -0.05) is 34.5 Å². The highest BCUT2D eigenvalue weighted by molar-refractivity contribution is 9.10. The lowest BCUT2D eigenvalue weighted by Gasteiger charge is -2.41. The Morgan fingerprint density at radius 1 is 1.33 bits per heavy atom. The number of hydrogen-bond acceptors (Lipinski definition) is 3. The van der Waals surface area contributed by atoms with Gasteiger partial charge in [-0.05, 0) is 30.4 Å². The Labute approximate surface area is 131 Å². The SMILES string of the molecule is O=C(O)CC1(CNc2nccc3c(Br)cccc23)CCC1. The van der Waals surface area contributed by atoms with Gasteiger partial charge >= 0.3 is 5.97 Å². The van der Waals surface area contributed by atoms with Crippen LogP contribution in [-0.4, -0.2) is 22.6 Å². The largest absolute Gasteiger partial charge is 0.481 e. The second-order valence-corrected chi connectivity index (χ2v) is 6.63. The molecule has 1 saturated carbocycles. The van der Waals surface area contributed by atoms with Crippen LogP contribution >= 0.6 is 15.9 Å². The molecule has 4 nitrogen and oxygen atoms in total. The molecule has 0 atom stereocenters. The lowest BCUT2D eigenvalue weighted by Crippen LogP contribution is -2.38. The highest BCUT2D eigenvalue weighted by Gasteiger charge is 2.38. The predicted molar refractivity (Wildman–Crippen MR) is 86.5 cm³/mol. The fourth-order valence-corrected chi connectivity index (χ4v) is 3.49. The summed E-state index contributed by atoms with van der Waals surface area (Å²) in [6.07, 6.45) is 5.07. The number of benzene rings is 1. The first-order valence-corrected chi connectivity index (χ1v) is 7.88. The Morgan fingerprint density at radius 2 is 2.14 bits per heavy atom. The first-order valence-electron chi connectivity index (χ1n) is 7.09. The minimum absolute atomic E-state index is 0.109. The maximum absolute atomic E-state index is 11.0. The predicted octanol–water partition coefficient (Wildman–Crippen LogP) is 4.05. The molecular weight excluding hydrogens is 332 g/mol. The number of carboxylic acids is 1. The zero-order chi connectivity index (χ0) is 14.9. The van der Waals surface area contributed by atoms with Gasteiger partial charge in [0.15, 0.2) is 0 Å². The molecule has 0 amide bonds. The molecule has 3 rings (SSSR count). The number of carboxylic acid groups (broad SMARTS) is 1. The summed E-state index contributed by atoms with van der Waals surface area (Å²) in [6, 6.07) is 7.99. The summed E-state index contributed by atoms with van der Waals surface area (Å²) in [5, 5.41) is 14.6. The monoisotopic (exact) mass is 348 g/mol. The van der Waals surface area contributed by atoms with Crippen molar-refractivity contribution in [2.75, 3.05) is 11.9 Å². The molecule has 0 bridgehead atoms. The van der Waals surface area contributed by atoms with Crippen LogP contribution in [0.25, 0.3) is 10.8 Å². The van der Waals surface area contributed by atoms with Gasteiger partial charge in [0, 0.05) is 28.0 Å². The van der Waals surface area contributed by atoms with Crippen molar-refractivity contribution in [2.45, 2.75) is 25.7 Å². The van der Waals surface area contributed by atoms with Gasteiger partial charge in [0.2, 0.25) is 0 Å². The van der Waals surface area contributed by atoms with Crippen LogP contribution in [0.1, 0.15) is 25.7 Å². The summed E-state index contributed by atoms with van der Waals surface area (Å²) in [4.78, 5) is 15.4. The lowest BCUT2D eigenvalue weighted by molar-refractivity contribution is -0.141. The van der Waals surface area contributed by atoms with E-state index in [4.69, 9.17) is 5.11 Å². The maximum Gasteiger partial charge on any atom is 0.303 e. The van der Waals surface area contributed by atoms with Crippen LogP contribution in [-0.2, 0) is 4.79 Å². The Bertz CT molecular complexity index is 683. The standard InChI is InChI=1S/C16H17BrN2O2/c17-13-4-1-3-12-11(13)5-8-18-15(12)19-10-16(6-2-7-16)9-14(20)21/h1,3-5,8H,2,6-7,9-10H2,(H,18,19)(H,20,21). The Kier molecular flexibility index (Phi) is 3.85. The second-order valence-electron chi connectivity index (χ2n) is 5.77. The molecule has 2 aromatic rings. The van der Waals surface area contributed by atoms with Crippen LogP contribution < -0.4 is 5.32 Å². The number of pyridine rings is 1. The molecule has 1 aliphatic rings. The van der Waals surface area contributed by atoms with E-state index in [-0.39, 0.29) is 11.8 Å². The summed E-state index contributed by atoms with van der Waals surface area (Å²) in [5.41, 5.74) is -0.109. The third kappa shape index (κ3) is 2.88. The third-order valence-corrected chi connectivity index (χ3v) is 5.02. The van der Waals surface area contributed by atoms with Gasteiger partial charge in [0.1, 0.15) is 5.82 Å². The summed E-state index contributed by atoms with van der Waals surface area (Å²) >= 11 is 3.55. The molecule has 1 aliphatic carbocycles. The van der Waals surface area contributed by atoms with E-state index in [9.17, 15) is 4.79 Å². The molecule has 0 saturated heterocycles. The van der Waals surface area contributed by atoms with Crippen molar-refractivity contribution in [3.05, 3.63) is 34.9 Å². The van der Waals surface area contributed by atoms with Crippen molar-refractivity contribution < 1.29 is 9.90 Å². The molecule has 0 radical (unpaired) electrons. The van der Waals surface area contributed by atoms with Gasteiger partial charge < -0.3 is 10.4 Å². The normalized spacial score (nSPS) is 16.4. The van der Waals surface area contributed by atoms with Gasteiger partial charge in [0.25, 0.3) is 0 Å². The van der Waals surface area contributed by atoms with E-state index in [1.807, 2.05) is 24.3 Å². The van der Waals surface area contributed by atoms with E-state index < -0.39 is 5.97 Å². The summed E-state index contributed by atoms with van der Waals surface area (Å²) in [7, 11) is 0. The molecule has 1 fully saturated rings. The number of aliphatic carboxylic acids is 1. The molecule has 0 aliphatic heterocycles. The molecule has 5 heteroatoms. The topological polar surface area (TPSA) is 62.2 Å². The molecule has 2 N–H and O–H groups in total. The minimum atomic E-state index is -0.717. The summed E-state index contributed by atoms with van der Waals surface area (Å²) < 4.78 is 1.04. The van der Waals surface area contributed by atoms with E-state index in [1.165, 1.54) is 0 Å². The summed E-state index contributed by atoms with van der Waals surface area (Å²) in [6.45, 7) is 0.665. The Morgan fingerprint density at radius 3 is 2.81 bits per heavy atom. The number of rotatable bonds is 5. The van der Waals surface area contributed by atoms with Crippen molar-refractivity contribution >= 4 is 38.5 Å². The van der Waals surface area contributed by atoms with E-state index in [0.29, 0.717) is 6.54 Å². The highest BCUT2D eigenvalue weighted by atomic mass is 79.9. The summed E-state index contributed by atoms with van der Waals surface area (Å²) in [5.74, 6) is 0.107. The average Bonchev–Trinajstić information content (AvgIpc) is 2.42. The smallest absolute Gasteiger partial charge is 0.303 e. The van der Waals surface area contributed by atoms with Crippen molar-refractivity contribution in [1.82, 2.24) is 4.98 Å². The van der Waals surface area contributed by atoms with Crippen LogP contribution in [0.15, 0.2) is 34.9 Å².